The Labute approximate surface area is 239 Å². The molecular weight excluding hydrogens is 567 g/mol. The van der Waals surface area contributed by atoms with Gasteiger partial charge in [-0.3, -0.25) is 14.0 Å². The molecule has 198 valence electrons. The number of likely N-dealkylation sites (tertiary alicyclic amines) is 1. The van der Waals surface area contributed by atoms with Crippen LogP contribution in [0.3, 0.4) is 0 Å². The molecule has 0 radical (unpaired) electrons. The number of hydrogen-bond acceptors (Lipinski definition) is 5. The van der Waals surface area contributed by atoms with Crippen molar-refractivity contribution in [3.05, 3.63) is 69.0 Å². The topological polar surface area (TPSA) is 79.8 Å². The number of nitrogens with zero attached hydrogens (tertiary/aromatic N) is 3. The number of halogens is 3. The van der Waals surface area contributed by atoms with Gasteiger partial charge in [-0.25, -0.2) is 4.98 Å². The number of rotatable bonds is 6. The van der Waals surface area contributed by atoms with Crippen molar-refractivity contribution in [3.8, 4) is 0 Å². The van der Waals surface area contributed by atoms with Gasteiger partial charge in [-0.1, -0.05) is 41.0 Å². The van der Waals surface area contributed by atoms with E-state index in [0.29, 0.717) is 46.1 Å². The first-order valence-electron chi connectivity index (χ1n) is 12.3. The first-order chi connectivity index (χ1) is 18.0. The number of aromatic nitrogens is 2. The molecule has 11 heteroatoms. The molecule has 6 rings (SSSR count). The van der Waals surface area contributed by atoms with Crippen molar-refractivity contribution in [2.75, 3.05) is 19.6 Å². The third-order valence-electron chi connectivity index (χ3n) is 6.96. The van der Waals surface area contributed by atoms with E-state index in [1.54, 1.807) is 24.4 Å². The SMILES string of the molecule is Cl.O=C(NCCCC1CCN(C(=O)c2cc3cc(Cl)cc(Cl)c3o2)CC1)C1=Cc2cnc3cccc(n23)S1. The Morgan fingerprint density at radius 3 is 2.79 bits per heavy atom. The number of pyridine rings is 1. The zero-order valence-electron chi connectivity index (χ0n) is 20.3. The number of thioether (sulfide) groups is 1. The number of piperidine rings is 1. The van der Waals surface area contributed by atoms with Gasteiger partial charge in [0.15, 0.2) is 11.3 Å². The first-order valence-corrected chi connectivity index (χ1v) is 13.9. The van der Waals surface area contributed by atoms with E-state index in [-0.39, 0.29) is 30.0 Å². The number of imidazole rings is 1. The molecular formula is C27H25Cl3N4O3S. The van der Waals surface area contributed by atoms with E-state index in [9.17, 15) is 9.59 Å². The molecule has 5 heterocycles. The van der Waals surface area contributed by atoms with Crippen LogP contribution in [0.15, 0.2) is 56.9 Å². The van der Waals surface area contributed by atoms with Crippen LogP contribution in [0.5, 0.6) is 0 Å². The van der Waals surface area contributed by atoms with Crippen molar-refractivity contribution >= 4 is 81.9 Å². The number of furan rings is 1. The maximum absolute atomic E-state index is 13.0. The Hall–Kier alpha value is -2.65. The van der Waals surface area contributed by atoms with E-state index in [2.05, 4.69) is 14.7 Å². The summed E-state index contributed by atoms with van der Waals surface area (Å²) in [6.07, 6.45) is 7.47. The van der Waals surface area contributed by atoms with Gasteiger partial charge in [-0.05, 0) is 68.0 Å². The third-order valence-corrected chi connectivity index (χ3v) is 8.51. The second kappa shape index (κ2) is 11.2. The van der Waals surface area contributed by atoms with Gasteiger partial charge in [-0.15, -0.1) is 12.4 Å². The molecule has 38 heavy (non-hydrogen) atoms. The van der Waals surface area contributed by atoms with Crippen LogP contribution in [0.25, 0.3) is 22.7 Å². The second-order valence-corrected chi connectivity index (χ2v) is 11.3. The van der Waals surface area contributed by atoms with Gasteiger partial charge in [0.2, 0.25) is 0 Å². The molecule has 2 aliphatic rings. The van der Waals surface area contributed by atoms with Gasteiger partial charge < -0.3 is 14.6 Å². The molecule has 4 aromatic rings. The highest BCUT2D eigenvalue weighted by atomic mass is 35.5. The Morgan fingerprint density at radius 2 is 1.97 bits per heavy atom. The van der Waals surface area contributed by atoms with E-state index < -0.39 is 0 Å². The summed E-state index contributed by atoms with van der Waals surface area (Å²) in [6, 6.07) is 11.0. The van der Waals surface area contributed by atoms with Crippen LogP contribution >= 0.6 is 47.4 Å². The predicted octanol–water partition coefficient (Wildman–Crippen LogP) is 6.70. The first kappa shape index (κ1) is 26.9. The minimum Gasteiger partial charge on any atom is -0.449 e. The molecule has 0 unspecified atom stereocenters. The molecule has 0 bridgehead atoms. The van der Waals surface area contributed by atoms with E-state index >= 15 is 0 Å². The van der Waals surface area contributed by atoms with Gasteiger partial charge in [0.05, 0.1) is 26.8 Å². The summed E-state index contributed by atoms with van der Waals surface area (Å²) >= 11 is 13.7. The number of benzene rings is 1. The van der Waals surface area contributed by atoms with E-state index in [1.165, 1.54) is 11.8 Å². The number of carbonyl (C=O) groups is 2. The Morgan fingerprint density at radius 1 is 1.16 bits per heavy atom. The fraction of sp³-hybridized carbons (Fsp3) is 0.296. The number of nitrogens with one attached hydrogen (secondary N) is 1. The van der Waals surface area contributed by atoms with Crippen LogP contribution < -0.4 is 5.32 Å². The summed E-state index contributed by atoms with van der Waals surface area (Å²) in [5.41, 5.74) is 2.29. The maximum Gasteiger partial charge on any atom is 0.289 e. The predicted molar refractivity (Wildman–Crippen MR) is 153 cm³/mol. The molecule has 0 atom stereocenters. The molecule has 0 saturated carbocycles. The number of amides is 2. The lowest BCUT2D eigenvalue weighted by molar-refractivity contribution is -0.116. The molecule has 3 aromatic heterocycles. The molecule has 1 N–H and O–H groups in total. The van der Waals surface area contributed by atoms with Crippen molar-refractivity contribution in [1.29, 1.82) is 0 Å². The van der Waals surface area contributed by atoms with E-state index in [0.717, 1.165) is 47.4 Å². The van der Waals surface area contributed by atoms with Gasteiger partial charge in [0.25, 0.3) is 11.8 Å². The lowest BCUT2D eigenvalue weighted by Gasteiger charge is -2.31. The number of hydrogen-bond donors (Lipinski definition) is 1. The van der Waals surface area contributed by atoms with Crippen molar-refractivity contribution in [2.45, 2.75) is 30.7 Å². The minimum atomic E-state index is -0.121. The van der Waals surface area contributed by atoms with E-state index in [1.807, 2.05) is 29.2 Å². The molecule has 1 aromatic carbocycles. The summed E-state index contributed by atoms with van der Waals surface area (Å²) in [5.74, 6) is 0.640. The smallest absolute Gasteiger partial charge is 0.289 e. The van der Waals surface area contributed by atoms with Crippen LogP contribution in [0, 0.1) is 5.92 Å². The van der Waals surface area contributed by atoms with Crippen LogP contribution in [-0.2, 0) is 4.79 Å². The Bertz CT molecular complexity index is 1560. The highest BCUT2D eigenvalue weighted by molar-refractivity contribution is 8.04. The van der Waals surface area contributed by atoms with Crippen molar-refractivity contribution < 1.29 is 14.0 Å². The summed E-state index contributed by atoms with van der Waals surface area (Å²) < 4.78 is 7.80. The monoisotopic (exact) mass is 590 g/mol. The minimum absolute atomic E-state index is 0. The van der Waals surface area contributed by atoms with E-state index in [4.69, 9.17) is 27.6 Å². The number of fused-ring (bicyclic) bond motifs is 1. The lowest BCUT2D eigenvalue weighted by Crippen LogP contribution is -2.38. The lowest BCUT2D eigenvalue weighted by atomic mass is 9.92. The second-order valence-electron chi connectivity index (χ2n) is 9.40. The average Bonchev–Trinajstić information content (AvgIpc) is 3.52. The largest absolute Gasteiger partial charge is 0.449 e. The maximum atomic E-state index is 13.0. The standard InChI is InChI=1S/C27H24Cl2N4O3S.ClH/c28-18-11-17-12-21(36-25(17)20(29)13-18)27(35)32-9-6-16(7-10-32)3-2-8-30-26(34)22-14-19-15-31-23-4-1-5-24(37-22)33(19)23;/h1,4-5,11-16H,2-3,6-10H2,(H,30,34);1H. The molecule has 1 saturated heterocycles. The number of carbonyl (C=O) groups excluding carboxylic acids is 2. The molecule has 0 aliphatic carbocycles. The quantitative estimate of drug-likeness (QED) is 0.252. The van der Waals surface area contributed by atoms with Gasteiger partial charge in [0.1, 0.15) is 5.65 Å². The summed E-state index contributed by atoms with van der Waals surface area (Å²) in [7, 11) is 0. The fourth-order valence-electron chi connectivity index (χ4n) is 5.04. The highest BCUT2D eigenvalue weighted by Crippen LogP contribution is 2.35. The summed E-state index contributed by atoms with van der Waals surface area (Å²) in [6.45, 7) is 2.00. The average molecular weight is 592 g/mol. The molecule has 2 amide bonds. The summed E-state index contributed by atoms with van der Waals surface area (Å²) in [4.78, 5) is 32.6. The van der Waals surface area contributed by atoms with Gasteiger partial charge in [-0.2, -0.15) is 0 Å². The van der Waals surface area contributed by atoms with Crippen LogP contribution in [0.1, 0.15) is 41.9 Å². The Kier molecular flexibility index (Phi) is 7.95. The van der Waals surface area contributed by atoms with Crippen molar-refractivity contribution in [1.82, 2.24) is 19.6 Å². The van der Waals surface area contributed by atoms with Crippen LogP contribution in [0.4, 0.5) is 0 Å². The van der Waals surface area contributed by atoms with Gasteiger partial charge in [0, 0.05) is 30.0 Å². The third kappa shape index (κ3) is 5.27. The highest BCUT2D eigenvalue weighted by Gasteiger charge is 2.26. The molecule has 7 nitrogen and oxygen atoms in total. The molecule has 0 spiro atoms. The van der Waals surface area contributed by atoms with Crippen molar-refractivity contribution in [3.63, 3.8) is 0 Å². The fourth-order valence-corrected chi connectivity index (χ4v) is 6.59. The zero-order valence-corrected chi connectivity index (χ0v) is 23.4. The van der Waals surface area contributed by atoms with Crippen LogP contribution in [0.2, 0.25) is 10.0 Å². The van der Waals surface area contributed by atoms with Gasteiger partial charge >= 0.3 is 0 Å². The normalized spacial score (nSPS) is 15.4. The molecule has 2 aliphatic heterocycles. The molecule has 1 fully saturated rings. The zero-order chi connectivity index (χ0) is 25.5. The summed E-state index contributed by atoms with van der Waals surface area (Å²) in [5, 5.41) is 5.69. The van der Waals surface area contributed by atoms with Crippen molar-refractivity contribution in [2.24, 2.45) is 5.92 Å². The Balaban J connectivity index is 0.00000294. The van der Waals surface area contributed by atoms with Crippen LogP contribution in [-0.4, -0.2) is 45.7 Å².